The average molecular weight is 523 g/mol. The molecule has 6 nitrogen and oxygen atoms in total. The summed E-state index contributed by atoms with van der Waals surface area (Å²) in [5, 5.41) is 7.17. The first-order valence-electron chi connectivity index (χ1n) is 13.0. The lowest BCUT2D eigenvalue weighted by molar-refractivity contribution is 0.351. The predicted molar refractivity (Wildman–Crippen MR) is 152 cm³/mol. The number of benzene rings is 2. The van der Waals surface area contributed by atoms with Gasteiger partial charge in [-0.15, -0.1) is 12.4 Å². The van der Waals surface area contributed by atoms with Crippen LogP contribution in [0.1, 0.15) is 54.9 Å². The smallest absolute Gasteiger partial charge is 0.164 e. The minimum absolute atomic E-state index is 0. The van der Waals surface area contributed by atoms with Crippen molar-refractivity contribution >= 4 is 12.4 Å². The third kappa shape index (κ3) is 9.38. The molecule has 0 aromatic heterocycles. The molecule has 0 radical (unpaired) electrons. The molecule has 0 aliphatic rings. The molecule has 2 rings (SSSR count). The maximum Gasteiger partial charge on any atom is 0.164 e. The quantitative estimate of drug-likeness (QED) is 0.251. The van der Waals surface area contributed by atoms with Crippen LogP contribution in [-0.4, -0.2) is 54.6 Å². The van der Waals surface area contributed by atoms with Crippen molar-refractivity contribution in [3.05, 3.63) is 46.5 Å². The summed E-state index contributed by atoms with van der Waals surface area (Å²) in [6, 6.07) is 8.31. The van der Waals surface area contributed by atoms with Crippen LogP contribution in [0.4, 0.5) is 0 Å². The Morgan fingerprint density at radius 1 is 0.611 bits per heavy atom. The van der Waals surface area contributed by atoms with Gasteiger partial charge in [0, 0.05) is 5.56 Å². The first-order valence-corrected chi connectivity index (χ1v) is 13.0. The Morgan fingerprint density at radius 3 is 1.61 bits per heavy atom. The first-order chi connectivity index (χ1) is 17.1. The summed E-state index contributed by atoms with van der Waals surface area (Å²) in [6.07, 6.45) is 7.91. The van der Waals surface area contributed by atoms with Crippen LogP contribution in [-0.2, 0) is 19.3 Å². The van der Waals surface area contributed by atoms with Crippen LogP contribution in [0.5, 0.6) is 23.0 Å². The van der Waals surface area contributed by atoms with Gasteiger partial charge >= 0.3 is 0 Å². The number of halogens is 1. The monoisotopic (exact) mass is 522 g/mol. The zero-order valence-corrected chi connectivity index (χ0v) is 23.9. The van der Waals surface area contributed by atoms with E-state index in [0.29, 0.717) is 0 Å². The normalized spacial score (nSPS) is 10.6. The molecular formula is C29H47ClN2O4. The Labute approximate surface area is 224 Å². The summed E-state index contributed by atoms with van der Waals surface area (Å²) in [7, 11) is 6.78. The number of unbranched alkanes of at least 4 members (excludes halogenated alkanes) is 3. The van der Waals surface area contributed by atoms with E-state index in [0.717, 1.165) is 74.0 Å². The van der Waals surface area contributed by atoms with Crippen LogP contribution in [0.2, 0.25) is 0 Å². The second-order valence-corrected chi connectivity index (χ2v) is 8.79. The Bertz CT molecular complexity index is 892. The summed E-state index contributed by atoms with van der Waals surface area (Å²) >= 11 is 0. The fourth-order valence-electron chi connectivity index (χ4n) is 4.60. The zero-order chi connectivity index (χ0) is 25.5. The molecule has 0 saturated heterocycles. The summed E-state index contributed by atoms with van der Waals surface area (Å²) in [6.45, 7) is 8.37. The summed E-state index contributed by atoms with van der Waals surface area (Å²) in [5.74, 6) is 3.32. The van der Waals surface area contributed by atoms with E-state index in [1.54, 1.807) is 28.4 Å². The van der Waals surface area contributed by atoms with Gasteiger partial charge < -0.3 is 29.6 Å². The topological polar surface area (TPSA) is 61.0 Å². The van der Waals surface area contributed by atoms with E-state index in [-0.39, 0.29) is 12.4 Å². The van der Waals surface area contributed by atoms with Crippen molar-refractivity contribution in [1.29, 1.82) is 0 Å². The summed E-state index contributed by atoms with van der Waals surface area (Å²) in [5.41, 5.74) is 5.06. The highest BCUT2D eigenvalue weighted by atomic mass is 35.5. The van der Waals surface area contributed by atoms with Gasteiger partial charge in [0.1, 0.15) is 0 Å². The van der Waals surface area contributed by atoms with Crippen molar-refractivity contribution < 1.29 is 18.9 Å². The maximum atomic E-state index is 5.59. The van der Waals surface area contributed by atoms with Gasteiger partial charge in [0.25, 0.3) is 0 Å². The SMILES string of the molecule is CCc1c(CCNCCCCCCNCCc2ccc(OC)c(OC)c2C)ccc(OC)c1OC.Cl. The zero-order valence-electron chi connectivity index (χ0n) is 23.1. The van der Waals surface area contributed by atoms with Gasteiger partial charge in [-0.3, -0.25) is 0 Å². The number of methoxy groups -OCH3 is 4. The predicted octanol–water partition coefficient (Wildman–Crippen LogP) is 5.54. The highest BCUT2D eigenvalue weighted by molar-refractivity contribution is 5.85. The van der Waals surface area contributed by atoms with E-state index in [4.69, 9.17) is 18.9 Å². The van der Waals surface area contributed by atoms with E-state index in [1.807, 2.05) is 12.1 Å². The number of rotatable bonds is 18. The number of hydrogen-bond acceptors (Lipinski definition) is 6. The lowest BCUT2D eigenvalue weighted by Crippen LogP contribution is -2.20. The molecule has 204 valence electrons. The van der Waals surface area contributed by atoms with Crippen LogP contribution in [0.15, 0.2) is 24.3 Å². The average Bonchev–Trinajstić information content (AvgIpc) is 2.89. The standard InChI is InChI=1S/C29H46N2O4.ClH/c1-7-25-24(13-15-27(33-4)29(25)35-6)17-21-31-19-11-9-8-10-18-30-20-16-23-12-14-26(32-3)28(34-5)22(23)2;/h12-15,30-31H,7-11,16-21H2,1-6H3;1H. The Balaban J connectivity index is 0.00000648. The van der Waals surface area contributed by atoms with Gasteiger partial charge in [0.05, 0.1) is 28.4 Å². The molecule has 0 aliphatic heterocycles. The number of ether oxygens (including phenoxy) is 4. The minimum Gasteiger partial charge on any atom is -0.493 e. The van der Waals surface area contributed by atoms with Crippen molar-refractivity contribution in [3.8, 4) is 23.0 Å². The Kier molecular flexibility index (Phi) is 16.1. The van der Waals surface area contributed by atoms with Gasteiger partial charge in [-0.1, -0.05) is 31.9 Å². The highest BCUT2D eigenvalue weighted by Gasteiger charge is 2.13. The Morgan fingerprint density at radius 2 is 1.11 bits per heavy atom. The molecule has 7 heteroatoms. The highest BCUT2D eigenvalue weighted by Crippen LogP contribution is 2.34. The molecule has 0 spiro atoms. The molecule has 36 heavy (non-hydrogen) atoms. The van der Waals surface area contributed by atoms with Crippen molar-refractivity contribution in [2.45, 2.75) is 58.8 Å². The van der Waals surface area contributed by atoms with Crippen molar-refractivity contribution in [2.75, 3.05) is 54.6 Å². The van der Waals surface area contributed by atoms with Crippen molar-refractivity contribution in [2.24, 2.45) is 0 Å². The van der Waals surface area contributed by atoms with E-state index in [9.17, 15) is 0 Å². The lowest BCUT2D eigenvalue weighted by atomic mass is 10.0. The molecule has 0 fully saturated rings. The van der Waals surface area contributed by atoms with Gasteiger partial charge in [-0.05, 0) is 94.0 Å². The largest absolute Gasteiger partial charge is 0.493 e. The fraction of sp³-hybridized carbons (Fsp3) is 0.586. The number of nitrogens with one attached hydrogen (secondary N) is 2. The molecule has 2 aromatic carbocycles. The van der Waals surface area contributed by atoms with Gasteiger partial charge in [-0.2, -0.15) is 0 Å². The molecule has 0 heterocycles. The van der Waals surface area contributed by atoms with Crippen LogP contribution < -0.4 is 29.6 Å². The van der Waals surface area contributed by atoms with Crippen LogP contribution in [0, 0.1) is 6.92 Å². The molecule has 0 saturated carbocycles. The second kappa shape index (κ2) is 18.1. The lowest BCUT2D eigenvalue weighted by Gasteiger charge is -2.16. The second-order valence-electron chi connectivity index (χ2n) is 8.79. The van der Waals surface area contributed by atoms with E-state index < -0.39 is 0 Å². The molecule has 0 atom stereocenters. The van der Waals surface area contributed by atoms with E-state index in [2.05, 4.69) is 36.6 Å². The fourth-order valence-corrected chi connectivity index (χ4v) is 4.60. The van der Waals surface area contributed by atoms with Crippen LogP contribution in [0.25, 0.3) is 0 Å². The van der Waals surface area contributed by atoms with Gasteiger partial charge in [0.15, 0.2) is 23.0 Å². The summed E-state index contributed by atoms with van der Waals surface area (Å²) < 4.78 is 21.9. The number of hydrogen-bond donors (Lipinski definition) is 2. The molecule has 0 unspecified atom stereocenters. The first kappa shape index (κ1) is 31.9. The molecule has 0 amide bonds. The van der Waals surface area contributed by atoms with Crippen LogP contribution in [0.3, 0.4) is 0 Å². The Hall–Kier alpha value is -2.15. The molecule has 2 aromatic rings. The maximum absolute atomic E-state index is 5.59. The molecule has 2 N–H and O–H groups in total. The van der Waals surface area contributed by atoms with Gasteiger partial charge in [-0.25, -0.2) is 0 Å². The molecule has 0 bridgehead atoms. The third-order valence-corrected chi connectivity index (χ3v) is 6.60. The van der Waals surface area contributed by atoms with Crippen molar-refractivity contribution in [3.63, 3.8) is 0 Å². The van der Waals surface area contributed by atoms with E-state index in [1.165, 1.54) is 42.4 Å². The minimum atomic E-state index is 0. The molecule has 0 aliphatic carbocycles. The van der Waals surface area contributed by atoms with E-state index >= 15 is 0 Å². The molecular weight excluding hydrogens is 476 g/mol. The van der Waals surface area contributed by atoms with Gasteiger partial charge in [0.2, 0.25) is 0 Å². The van der Waals surface area contributed by atoms with Crippen molar-refractivity contribution in [1.82, 2.24) is 10.6 Å². The summed E-state index contributed by atoms with van der Waals surface area (Å²) in [4.78, 5) is 0. The van der Waals surface area contributed by atoms with Crippen LogP contribution >= 0.6 is 12.4 Å². The third-order valence-electron chi connectivity index (χ3n) is 6.60.